The molecule has 88 valence electrons. The van der Waals surface area contributed by atoms with Crippen molar-refractivity contribution in [3.8, 4) is 0 Å². The predicted molar refractivity (Wildman–Crippen MR) is 61.2 cm³/mol. The molecule has 0 aliphatic heterocycles. The molecular formula is C9H10ClNO4S. The number of thiol groups is 1. The molecule has 0 atom stereocenters. The number of carbonyl (C=O) groups excluding carboxylic acids is 1. The molecule has 0 unspecified atom stereocenters. The van der Waals surface area contributed by atoms with Gasteiger partial charge in [-0.15, -0.1) is 0 Å². The first-order valence-electron chi connectivity index (χ1n) is 4.23. The van der Waals surface area contributed by atoms with Gasteiger partial charge in [-0.3, -0.25) is 0 Å². The Morgan fingerprint density at radius 1 is 1.50 bits per heavy atom. The zero-order valence-electron chi connectivity index (χ0n) is 8.40. The fraction of sp³-hybridized carbons (Fsp3) is 0.222. The van der Waals surface area contributed by atoms with Crippen molar-refractivity contribution in [2.75, 3.05) is 12.8 Å². The van der Waals surface area contributed by atoms with Gasteiger partial charge in [0.2, 0.25) is 0 Å². The van der Waals surface area contributed by atoms with Crippen LogP contribution in [0.4, 0.5) is 5.69 Å². The quantitative estimate of drug-likeness (QED) is 0.479. The topological polar surface area (TPSA) is 86.5 Å². The summed E-state index contributed by atoms with van der Waals surface area (Å²) in [4.78, 5) is 11.3. The average Bonchev–Trinajstić information content (AvgIpc) is 2.20. The summed E-state index contributed by atoms with van der Waals surface area (Å²) in [6, 6.07) is 2.66. The van der Waals surface area contributed by atoms with Gasteiger partial charge in [-0.05, 0) is 17.7 Å². The number of esters is 1. The van der Waals surface area contributed by atoms with Crippen molar-refractivity contribution in [3.05, 3.63) is 28.3 Å². The molecule has 0 heterocycles. The lowest BCUT2D eigenvalue weighted by molar-refractivity contribution is 0.0602. The van der Waals surface area contributed by atoms with E-state index in [-0.39, 0.29) is 22.0 Å². The number of anilines is 1. The highest BCUT2D eigenvalue weighted by atomic mass is 35.5. The van der Waals surface area contributed by atoms with Gasteiger partial charge < -0.3 is 10.5 Å². The lowest BCUT2D eigenvalue weighted by atomic mass is 10.1. The van der Waals surface area contributed by atoms with Crippen LogP contribution >= 0.6 is 11.6 Å². The van der Waals surface area contributed by atoms with E-state index < -0.39 is 16.7 Å². The van der Waals surface area contributed by atoms with Crippen LogP contribution in [0.2, 0.25) is 5.02 Å². The highest BCUT2D eigenvalue weighted by molar-refractivity contribution is 7.71. The first-order chi connectivity index (χ1) is 7.45. The fourth-order valence-corrected chi connectivity index (χ4v) is 2.05. The highest BCUT2D eigenvalue weighted by Gasteiger charge is 2.14. The normalized spacial score (nSPS) is 10.4. The molecule has 1 aromatic rings. The van der Waals surface area contributed by atoms with Crippen LogP contribution in [0.3, 0.4) is 0 Å². The van der Waals surface area contributed by atoms with Crippen molar-refractivity contribution < 1.29 is 17.9 Å². The number of methoxy groups -OCH3 is 1. The van der Waals surface area contributed by atoms with E-state index >= 15 is 0 Å². The molecule has 7 heteroatoms. The smallest absolute Gasteiger partial charge is 0.339 e. The van der Waals surface area contributed by atoms with Gasteiger partial charge in [0.05, 0.1) is 18.4 Å². The number of hydrogen-bond donors (Lipinski definition) is 2. The molecule has 5 nitrogen and oxygen atoms in total. The van der Waals surface area contributed by atoms with Gasteiger partial charge in [0.15, 0.2) is 0 Å². The summed E-state index contributed by atoms with van der Waals surface area (Å²) in [7, 11) is -1.40. The van der Waals surface area contributed by atoms with Crippen molar-refractivity contribution in [2.24, 2.45) is 0 Å². The van der Waals surface area contributed by atoms with Crippen LogP contribution in [0.15, 0.2) is 12.1 Å². The van der Waals surface area contributed by atoms with Gasteiger partial charge in [-0.2, -0.15) is 0 Å². The molecule has 0 fully saturated rings. The van der Waals surface area contributed by atoms with Crippen LogP contribution in [0.5, 0.6) is 0 Å². The Hall–Kier alpha value is -1.27. The summed E-state index contributed by atoms with van der Waals surface area (Å²) >= 11 is 5.79. The van der Waals surface area contributed by atoms with Crippen LogP contribution < -0.4 is 5.73 Å². The monoisotopic (exact) mass is 263 g/mol. The number of carbonyl (C=O) groups is 1. The van der Waals surface area contributed by atoms with Crippen LogP contribution in [0.1, 0.15) is 15.9 Å². The van der Waals surface area contributed by atoms with Gasteiger partial charge in [0.25, 0.3) is 0 Å². The Balaban J connectivity index is 3.26. The largest absolute Gasteiger partial charge is 0.465 e. The lowest BCUT2D eigenvalue weighted by Crippen LogP contribution is -2.07. The maximum Gasteiger partial charge on any atom is 0.339 e. The van der Waals surface area contributed by atoms with E-state index in [4.69, 9.17) is 17.3 Å². The standard InChI is InChI=1S/C9H10ClNO4S/c1-15-9(12)6-2-5(4-16(13)14)7(10)3-8(6)11/h2-3,16H,4,11H2,1H3. The van der Waals surface area contributed by atoms with Crippen LogP contribution in [0, 0.1) is 0 Å². The van der Waals surface area contributed by atoms with Gasteiger partial charge in [0, 0.05) is 10.7 Å². The molecule has 0 bridgehead atoms. The van der Waals surface area contributed by atoms with Crippen molar-refractivity contribution in [2.45, 2.75) is 5.75 Å². The molecule has 0 aliphatic carbocycles. The van der Waals surface area contributed by atoms with Gasteiger partial charge in [-0.25, -0.2) is 13.2 Å². The molecule has 0 aromatic heterocycles. The minimum absolute atomic E-state index is 0.110. The molecule has 2 N–H and O–H groups in total. The first kappa shape index (κ1) is 12.8. The average molecular weight is 264 g/mol. The SMILES string of the molecule is COC(=O)c1cc(C[SH](=O)=O)c(Cl)cc1N. The molecule has 0 saturated carbocycles. The molecule has 0 aliphatic rings. The number of ether oxygens (including phenoxy) is 1. The minimum atomic E-state index is -2.62. The predicted octanol–water partition coefficient (Wildman–Crippen LogP) is 0.820. The summed E-state index contributed by atoms with van der Waals surface area (Å²) in [6.45, 7) is 0. The molecular weight excluding hydrogens is 254 g/mol. The van der Waals surface area contributed by atoms with Gasteiger partial charge in [0.1, 0.15) is 10.7 Å². The Bertz CT molecular complexity index is 491. The summed E-state index contributed by atoms with van der Waals surface area (Å²) in [5.74, 6) is -0.866. The van der Waals surface area contributed by atoms with E-state index in [9.17, 15) is 13.2 Å². The highest BCUT2D eigenvalue weighted by Crippen LogP contribution is 2.24. The van der Waals surface area contributed by atoms with E-state index in [2.05, 4.69) is 4.74 Å². The molecule has 0 radical (unpaired) electrons. The van der Waals surface area contributed by atoms with Crippen LogP contribution in [0.25, 0.3) is 0 Å². The van der Waals surface area contributed by atoms with Crippen LogP contribution in [-0.2, 0) is 21.2 Å². The van der Waals surface area contributed by atoms with E-state index in [1.165, 1.54) is 19.2 Å². The number of benzene rings is 1. The molecule has 0 spiro atoms. The molecule has 0 saturated heterocycles. The maximum atomic E-state index is 11.3. The maximum absolute atomic E-state index is 11.3. The number of nitrogens with two attached hydrogens (primary N) is 1. The number of hydrogen-bond acceptors (Lipinski definition) is 5. The van der Waals surface area contributed by atoms with Crippen molar-refractivity contribution in [1.82, 2.24) is 0 Å². The molecule has 1 aromatic carbocycles. The lowest BCUT2D eigenvalue weighted by Gasteiger charge is -2.07. The zero-order valence-corrected chi connectivity index (χ0v) is 10.0. The molecule has 16 heavy (non-hydrogen) atoms. The third-order valence-corrected chi connectivity index (χ3v) is 2.87. The third kappa shape index (κ3) is 2.86. The second-order valence-corrected chi connectivity index (χ2v) is 4.40. The fourth-order valence-electron chi connectivity index (χ4n) is 1.18. The molecule has 1 rings (SSSR count). The third-order valence-electron chi connectivity index (χ3n) is 1.92. The Kier molecular flexibility index (Phi) is 4.14. The summed E-state index contributed by atoms with van der Waals surface area (Å²) in [6.07, 6.45) is 0. The van der Waals surface area contributed by atoms with Crippen molar-refractivity contribution in [1.29, 1.82) is 0 Å². The van der Waals surface area contributed by atoms with Crippen LogP contribution in [-0.4, -0.2) is 21.5 Å². The van der Waals surface area contributed by atoms with Crippen molar-refractivity contribution >= 4 is 34.0 Å². The summed E-state index contributed by atoms with van der Waals surface area (Å²) < 4.78 is 25.7. The second kappa shape index (κ2) is 5.18. The minimum Gasteiger partial charge on any atom is -0.465 e. The number of nitrogen functional groups attached to an aromatic ring is 1. The first-order valence-corrected chi connectivity index (χ1v) is 5.97. The van der Waals surface area contributed by atoms with Gasteiger partial charge >= 0.3 is 5.97 Å². The molecule has 0 amide bonds. The van der Waals surface area contributed by atoms with Gasteiger partial charge in [-0.1, -0.05) is 11.6 Å². The number of rotatable bonds is 3. The Labute approximate surface area is 99.1 Å². The Morgan fingerprint density at radius 2 is 2.12 bits per heavy atom. The van der Waals surface area contributed by atoms with E-state index in [1.807, 2.05) is 0 Å². The summed E-state index contributed by atoms with van der Waals surface area (Å²) in [5, 5.41) is 0.212. The van der Waals surface area contributed by atoms with E-state index in [0.29, 0.717) is 5.56 Å². The number of halogens is 1. The Morgan fingerprint density at radius 3 is 2.62 bits per heavy atom. The second-order valence-electron chi connectivity index (χ2n) is 3.01. The van der Waals surface area contributed by atoms with E-state index in [0.717, 1.165) is 0 Å². The summed E-state index contributed by atoms with van der Waals surface area (Å²) in [5.41, 5.74) is 6.15. The zero-order chi connectivity index (χ0) is 12.3. The van der Waals surface area contributed by atoms with Crippen molar-refractivity contribution in [3.63, 3.8) is 0 Å². The van der Waals surface area contributed by atoms with E-state index in [1.54, 1.807) is 0 Å².